The highest BCUT2D eigenvalue weighted by Crippen LogP contribution is 2.15. The quantitative estimate of drug-likeness (QED) is 0.663. The van der Waals surface area contributed by atoms with Crippen molar-refractivity contribution in [1.29, 1.82) is 0 Å². The number of nitrogen functional groups attached to an aromatic ring is 1. The number of benzene rings is 2. The van der Waals surface area contributed by atoms with Gasteiger partial charge in [0, 0.05) is 16.8 Å². The zero-order chi connectivity index (χ0) is 15.4. The summed E-state index contributed by atoms with van der Waals surface area (Å²) in [6.45, 7) is -0.179. The van der Waals surface area contributed by atoms with Gasteiger partial charge in [0.25, 0.3) is 0 Å². The lowest BCUT2D eigenvalue weighted by Gasteiger charge is -2.08. The smallest absolute Gasteiger partial charge is 0.341 e. The van der Waals surface area contributed by atoms with Crippen LogP contribution in [0.3, 0.4) is 0 Å². The Morgan fingerprint density at radius 2 is 1.81 bits per heavy atom. The number of anilines is 1. The molecule has 0 aromatic heterocycles. The summed E-state index contributed by atoms with van der Waals surface area (Å²) in [5.74, 6) is -2.23. The summed E-state index contributed by atoms with van der Waals surface area (Å²) >= 11 is 0. The molecular weight excluding hydrogens is 275 g/mol. The molecule has 0 fully saturated rings. The van der Waals surface area contributed by atoms with Crippen molar-refractivity contribution in [2.45, 2.75) is 6.61 Å². The molecule has 0 aliphatic heterocycles. The van der Waals surface area contributed by atoms with E-state index in [9.17, 15) is 14.0 Å². The molecule has 2 rings (SSSR count). The van der Waals surface area contributed by atoms with Crippen LogP contribution >= 0.6 is 0 Å². The predicted octanol–water partition coefficient (Wildman–Crippen LogP) is 1.86. The van der Waals surface area contributed by atoms with Crippen LogP contribution in [0, 0.1) is 5.82 Å². The van der Waals surface area contributed by atoms with Gasteiger partial charge < -0.3 is 16.2 Å². The third-order valence-corrected chi connectivity index (χ3v) is 2.85. The summed E-state index contributed by atoms with van der Waals surface area (Å²) in [6, 6.07) is 10.1. The van der Waals surface area contributed by atoms with E-state index < -0.39 is 17.7 Å². The number of hydrogen-bond acceptors (Lipinski definition) is 4. The average molecular weight is 288 g/mol. The molecule has 108 valence electrons. The van der Waals surface area contributed by atoms with Crippen LogP contribution in [-0.4, -0.2) is 11.9 Å². The van der Waals surface area contributed by atoms with E-state index in [1.807, 2.05) is 0 Å². The number of rotatable bonds is 4. The second-order valence-corrected chi connectivity index (χ2v) is 4.34. The van der Waals surface area contributed by atoms with Crippen LogP contribution < -0.4 is 11.5 Å². The maximum absolute atomic E-state index is 13.6. The number of halogens is 1. The lowest BCUT2D eigenvalue weighted by atomic mass is 10.1. The minimum absolute atomic E-state index is 0.179. The molecule has 2 aromatic rings. The van der Waals surface area contributed by atoms with E-state index in [0.29, 0.717) is 5.56 Å². The molecule has 1 amide bonds. The second-order valence-electron chi connectivity index (χ2n) is 4.34. The van der Waals surface area contributed by atoms with Crippen LogP contribution in [0.2, 0.25) is 0 Å². The standard InChI is InChI=1S/C15H13FN2O3/c16-13-7-10(17)5-6-12(13)15(20)21-8-9-3-1-2-4-11(9)14(18)19/h1-7H,8,17H2,(H2,18,19). The van der Waals surface area contributed by atoms with Crippen LogP contribution in [0.5, 0.6) is 0 Å². The number of nitrogens with two attached hydrogens (primary N) is 2. The summed E-state index contributed by atoms with van der Waals surface area (Å²) in [5.41, 5.74) is 11.3. The van der Waals surface area contributed by atoms with Gasteiger partial charge in [0.15, 0.2) is 0 Å². The molecule has 0 radical (unpaired) electrons. The Morgan fingerprint density at radius 1 is 1.10 bits per heavy atom. The van der Waals surface area contributed by atoms with Crippen molar-refractivity contribution in [3.05, 3.63) is 65.0 Å². The minimum atomic E-state index is -0.841. The molecule has 0 unspecified atom stereocenters. The van der Waals surface area contributed by atoms with Gasteiger partial charge in [-0.05, 0) is 24.3 Å². The zero-order valence-corrected chi connectivity index (χ0v) is 11.0. The Morgan fingerprint density at radius 3 is 2.48 bits per heavy atom. The first-order chi connectivity index (χ1) is 9.99. The van der Waals surface area contributed by atoms with Crippen LogP contribution in [-0.2, 0) is 11.3 Å². The first-order valence-corrected chi connectivity index (χ1v) is 6.09. The number of primary amides is 1. The summed E-state index contributed by atoms with van der Waals surface area (Å²) in [4.78, 5) is 23.0. The fourth-order valence-electron chi connectivity index (χ4n) is 1.80. The molecular formula is C15H13FN2O3. The molecule has 0 spiro atoms. The summed E-state index contributed by atoms with van der Waals surface area (Å²) < 4.78 is 18.6. The maximum Gasteiger partial charge on any atom is 0.341 e. The van der Waals surface area contributed by atoms with Crippen LogP contribution in [0.4, 0.5) is 10.1 Å². The molecule has 21 heavy (non-hydrogen) atoms. The van der Waals surface area contributed by atoms with Gasteiger partial charge in [-0.2, -0.15) is 0 Å². The highest BCUT2D eigenvalue weighted by atomic mass is 19.1. The fraction of sp³-hybridized carbons (Fsp3) is 0.0667. The molecule has 0 heterocycles. The number of esters is 1. The van der Waals surface area contributed by atoms with Gasteiger partial charge in [0.1, 0.15) is 12.4 Å². The molecule has 0 bridgehead atoms. The molecule has 0 saturated heterocycles. The van der Waals surface area contributed by atoms with E-state index in [0.717, 1.165) is 6.07 Å². The van der Waals surface area contributed by atoms with E-state index in [1.54, 1.807) is 18.2 Å². The van der Waals surface area contributed by atoms with Gasteiger partial charge in [-0.3, -0.25) is 4.79 Å². The largest absolute Gasteiger partial charge is 0.457 e. The summed E-state index contributed by atoms with van der Waals surface area (Å²) in [5, 5.41) is 0. The molecule has 6 heteroatoms. The van der Waals surface area contributed by atoms with Crippen molar-refractivity contribution in [2.75, 3.05) is 5.73 Å². The van der Waals surface area contributed by atoms with Crippen LogP contribution in [0.25, 0.3) is 0 Å². The van der Waals surface area contributed by atoms with Crippen molar-refractivity contribution in [2.24, 2.45) is 5.73 Å². The van der Waals surface area contributed by atoms with Gasteiger partial charge in [0.05, 0.1) is 5.56 Å². The topological polar surface area (TPSA) is 95.4 Å². The SMILES string of the molecule is NC(=O)c1ccccc1COC(=O)c1ccc(N)cc1F. The highest BCUT2D eigenvalue weighted by Gasteiger charge is 2.15. The zero-order valence-electron chi connectivity index (χ0n) is 11.0. The molecule has 0 atom stereocenters. The van der Waals surface area contributed by atoms with E-state index in [2.05, 4.69) is 0 Å². The molecule has 0 aliphatic rings. The normalized spacial score (nSPS) is 10.1. The monoisotopic (exact) mass is 288 g/mol. The lowest BCUT2D eigenvalue weighted by Crippen LogP contribution is -2.15. The number of carbonyl (C=O) groups excluding carboxylic acids is 2. The van der Waals surface area contributed by atoms with Crippen LogP contribution in [0.1, 0.15) is 26.3 Å². The third kappa shape index (κ3) is 3.36. The van der Waals surface area contributed by atoms with Gasteiger partial charge >= 0.3 is 5.97 Å². The average Bonchev–Trinajstić information content (AvgIpc) is 2.45. The first-order valence-electron chi connectivity index (χ1n) is 6.09. The number of hydrogen-bond donors (Lipinski definition) is 2. The lowest BCUT2D eigenvalue weighted by molar-refractivity contribution is 0.0465. The van der Waals surface area contributed by atoms with Gasteiger partial charge in [0.2, 0.25) is 5.91 Å². The van der Waals surface area contributed by atoms with Crippen molar-refractivity contribution in [3.63, 3.8) is 0 Å². The number of ether oxygens (including phenoxy) is 1. The van der Waals surface area contributed by atoms with Crippen molar-refractivity contribution < 1.29 is 18.7 Å². The van der Waals surface area contributed by atoms with Gasteiger partial charge in [-0.25, -0.2) is 9.18 Å². The Bertz CT molecular complexity index is 701. The summed E-state index contributed by atoms with van der Waals surface area (Å²) in [7, 11) is 0. The number of carbonyl (C=O) groups is 2. The minimum Gasteiger partial charge on any atom is -0.457 e. The van der Waals surface area contributed by atoms with Crippen LogP contribution in [0.15, 0.2) is 42.5 Å². The fourth-order valence-corrected chi connectivity index (χ4v) is 1.80. The maximum atomic E-state index is 13.6. The Labute approximate surface area is 120 Å². The van der Waals surface area contributed by atoms with Crippen molar-refractivity contribution in [3.8, 4) is 0 Å². The Hall–Kier alpha value is -2.89. The molecule has 2 aromatic carbocycles. The first kappa shape index (κ1) is 14.5. The Balaban J connectivity index is 2.13. The molecule has 0 saturated carbocycles. The van der Waals surface area contributed by atoms with Crippen molar-refractivity contribution in [1.82, 2.24) is 0 Å². The summed E-state index contributed by atoms with van der Waals surface area (Å²) in [6.07, 6.45) is 0. The van der Waals surface area contributed by atoms with E-state index in [-0.39, 0.29) is 23.4 Å². The van der Waals surface area contributed by atoms with Crippen molar-refractivity contribution >= 4 is 17.6 Å². The van der Waals surface area contributed by atoms with E-state index in [1.165, 1.54) is 18.2 Å². The molecule has 4 N–H and O–H groups in total. The highest BCUT2D eigenvalue weighted by molar-refractivity contribution is 5.94. The molecule has 5 nitrogen and oxygen atoms in total. The van der Waals surface area contributed by atoms with Gasteiger partial charge in [-0.15, -0.1) is 0 Å². The van der Waals surface area contributed by atoms with E-state index >= 15 is 0 Å². The third-order valence-electron chi connectivity index (χ3n) is 2.85. The predicted molar refractivity (Wildman–Crippen MR) is 74.9 cm³/mol. The Kier molecular flexibility index (Phi) is 4.18. The second kappa shape index (κ2) is 6.04. The number of amides is 1. The van der Waals surface area contributed by atoms with Gasteiger partial charge in [-0.1, -0.05) is 18.2 Å². The van der Waals surface area contributed by atoms with E-state index in [4.69, 9.17) is 16.2 Å². The molecule has 0 aliphatic carbocycles.